The monoisotopic (exact) mass is 450 g/mol. The van der Waals surface area contributed by atoms with Crippen LogP contribution < -0.4 is 4.74 Å². The van der Waals surface area contributed by atoms with Gasteiger partial charge in [-0.25, -0.2) is 9.59 Å². The van der Waals surface area contributed by atoms with Gasteiger partial charge in [0.05, 0.1) is 44.1 Å². The summed E-state index contributed by atoms with van der Waals surface area (Å²) in [6.07, 6.45) is 2.25. The fourth-order valence-corrected chi connectivity index (χ4v) is 3.58. The van der Waals surface area contributed by atoms with Crippen LogP contribution >= 0.6 is 0 Å². The highest BCUT2D eigenvalue weighted by Crippen LogP contribution is 2.39. The van der Waals surface area contributed by atoms with E-state index >= 15 is 0 Å². The maximum Gasteiger partial charge on any atom is 0.338 e. The van der Waals surface area contributed by atoms with Crippen molar-refractivity contribution >= 4 is 39.5 Å². The summed E-state index contributed by atoms with van der Waals surface area (Å²) < 4.78 is 21.2. The lowest BCUT2D eigenvalue weighted by Gasteiger charge is -2.17. The van der Waals surface area contributed by atoms with Crippen molar-refractivity contribution in [1.82, 2.24) is 0 Å². The molecule has 0 unspecified atom stereocenters. The zero-order chi connectivity index (χ0) is 23.8. The number of hydrogen-bond acceptors (Lipinski definition) is 7. The maximum absolute atomic E-state index is 12.8. The van der Waals surface area contributed by atoms with Crippen LogP contribution in [0.1, 0.15) is 36.7 Å². The predicted octanol–water partition coefficient (Wildman–Crippen LogP) is 4.73. The Morgan fingerprint density at radius 1 is 0.848 bits per heavy atom. The van der Waals surface area contributed by atoms with Crippen LogP contribution in [0.5, 0.6) is 5.75 Å². The third-order valence-corrected chi connectivity index (χ3v) is 4.87. The summed E-state index contributed by atoms with van der Waals surface area (Å²) in [5, 5.41) is 2.99. The molecule has 7 nitrogen and oxygen atoms in total. The molecule has 0 N–H and O–H groups in total. The second-order valence-electron chi connectivity index (χ2n) is 7.00. The third-order valence-electron chi connectivity index (χ3n) is 4.87. The lowest BCUT2D eigenvalue weighted by atomic mass is 9.93. The average molecular weight is 450 g/mol. The molecule has 0 fully saturated rings. The quantitative estimate of drug-likeness (QED) is 0.153. The van der Waals surface area contributed by atoms with Gasteiger partial charge in [0.15, 0.2) is 0 Å². The summed E-state index contributed by atoms with van der Waals surface area (Å²) in [7, 11) is 0. The zero-order valence-corrected chi connectivity index (χ0v) is 18.9. The van der Waals surface area contributed by atoms with E-state index in [-0.39, 0.29) is 26.2 Å². The van der Waals surface area contributed by atoms with E-state index in [1.54, 1.807) is 26.8 Å². The molecule has 0 aliphatic rings. The molecule has 0 saturated heterocycles. The van der Waals surface area contributed by atoms with Crippen LogP contribution in [0.3, 0.4) is 0 Å². The second kappa shape index (κ2) is 11.1. The van der Waals surface area contributed by atoms with Gasteiger partial charge in [0.25, 0.3) is 0 Å². The van der Waals surface area contributed by atoms with Gasteiger partial charge in [-0.2, -0.15) is 0 Å². The number of hydrogen-bond donors (Lipinski definition) is 0. The molecule has 33 heavy (non-hydrogen) atoms. The van der Waals surface area contributed by atoms with Gasteiger partial charge >= 0.3 is 17.9 Å². The molecule has 172 valence electrons. The van der Waals surface area contributed by atoms with Crippen LogP contribution in [0.4, 0.5) is 0 Å². The normalized spacial score (nSPS) is 11.0. The van der Waals surface area contributed by atoms with E-state index < -0.39 is 17.9 Å². The molecule has 0 atom stereocenters. The molecule has 3 aromatic carbocycles. The zero-order valence-electron chi connectivity index (χ0n) is 18.9. The Hall–Kier alpha value is -3.87. The van der Waals surface area contributed by atoms with Gasteiger partial charge < -0.3 is 18.9 Å². The standard InChI is InChI=1S/C26H26O7/c1-4-30-22(27)13-14-33-25-18(16-23(28)31-5-2)15-21(26(29)32-6-3)20-12-11-17-9-7-8-10-19(17)24(20)25/h7-15H,4-6,16H2,1-3H3/b14-13+. The Kier molecular flexibility index (Phi) is 8.02. The Morgan fingerprint density at radius 3 is 2.30 bits per heavy atom. The third kappa shape index (κ3) is 5.49. The van der Waals surface area contributed by atoms with Gasteiger partial charge in [-0.05, 0) is 37.6 Å². The van der Waals surface area contributed by atoms with Gasteiger partial charge in [0, 0.05) is 16.3 Å². The molecule has 0 aliphatic heterocycles. The van der Waals surface area contributed by atoms with E-state index in [4.69, 9.17) is 18.9 Å². The van der Waals surface area contributed by atoms with Crippen LogP contribution in [0, 0.1) is 0 Å². The molecule has 0 heterocycles. The molecule has 0 radical (unpaired) electrons. The molecule has 7 heteroatoms. The van der Waals surface area contributed by atoms with Crippen molar-refractivity contribution in [3.05, 3.63) is 65.9 Å². The largest absolute Gasteiger partial charge is 0.466 e. The minimum Gasteiger partial charge on any atom is -0.466 e. The summed E-state index contributed by atoms with van der Waals surface area (Å²) in [6, 6.07) is 12.9. The topological polar surface area (TPSA) is 88.1 Å². The van der Waals surface area contributed by atoms with E-state index in [1.807, 2.05) is 36.4 Å². The van der Waals surface area contributed by atoms with E-state index in [0.717, 1.165) is 16.8 Å². The van der Waals surface area contributed by atoms with Gasteiger partial charge in [-0.15, -0.1) is 0 Å². The summed E-state index contributed by atoms with van der Waals surface area (Å²) >= 11 is 0. The molecule has 0 spiro atoms. The molecule has 0 aromatic heterocycles. The highest BCUT2D eigenvalue weighted by Gasteiger charge is 2.22. The van der Waals surface area contributed by atoms with E-state index in [0.29, 0.717) is 27.6 Å². The van der Waals surface area contributed by atoms with Crippen LogP contribution in [0.25, 0.3) is 21.5 Å². The van der Waals surface area contributed by atoms with Gasteiger partial charge in [0.2, 0.25) is 0 Å². The number of ether oxygens (including phenoxy) is 4. The number of rotatable bonds is 9. The lowest BCUT2D eigenvalue weighted by molar-refractivity contribution is -0.142. The maximum atomic E-state index is 12.8. The molecular formula is C26H26O7. The fraction of sp³-hybridized carbons (Fsp3) is 0.269. The molecule has 0 amide bonds. The Bertz CT molecular complexity index is 1210. The fourth-order valence-electron chi connectivity index (χ4n) is 3.58. The highest BCUT2D eigenvalue weighted by atomic mass is 16.5. The molecule has 0 aliphatic carbocycles. The molecule has 3 aromatic rings. The first-order valence-corrected chi connectivity index (χ1v) is 10.8. The van der Waals surface area contributed by atoms with E-state index in [1.165, 1.54) is 6.26 Å². The van der Waals surface area contributed by atoms with Crippen molar-refractivity contribution in [2.24, 2.45) is 0 Å². The van der Waals surface area contributed by atoms with Crippen molar-refractivity contribution in [2.75, 3.05) is 19.8 Å². The number of benzene rings is 3. The predicted molar refractivity (Wildman–Crippen MR) is 124 cm³/mol. The van der Waals surface area contributed by atoms with Crippen LogP contribution in [-0.2, 0) is 30.2 Å². The number of esters is 3. The summed E-state index contributed by atoms with van der Waals surface area (Å²) in [5.41, 5.74) is 0.757. The van der Waals surface area contributed by atoms with Gasteiger partial charge in [-0.1, -0.05) is 36.4 Å². The number of carbonyl (C=O) groups excluding carboxylic acids is 3. The van der Waals surface area contributed by atoms with Gasteiger partial charge in [-0.3, -0.25) is 4.79 Å². The first-order chi connectivity index (χ1) is 16.0. The molecule has 3 rings (SSSR count). The molecule has 0 saturated carbocycles. The van der Waals surface area contributed by atoms with Crippen molar-refractivity contribution in [2.45, 2.75) is 27.2 Å². The molecule has 0 bridgehead atoms. The Morgan fingerprint density at radius 2 is 1.58 bits per heavy atom. The van der Waals surface area contributed by atoms with Crippen molar-refractivity contribution < 1.29 is 33.3 Å². The molecular weight excluding hydrogens is 424 g/mol. The van der Waals surface area contributed by atoms with Crippen molar-refractivity contribution in [3.8, 4) is 5.75 Å². The minimum atomic E-state index is -0.554. The number of carbonyl (C=O) groups is 3. The second-order valence-corrected chi connectivity index (χ2v) is 7.00. The van der Waals surface area contributed by atoms with E-state index in [9.17, 15) is 14.4 Å². The Labute approximate surface area is 191 Å². The average Bonchev–Trinajstić information content (AvgIpc) is 2.80. The van der Waals surface area contributed by atoms with Gasteiger partial charge in [0.1, 0.15) is 5.75 Å². The van der Waals surface area contributed by atoms with Crippen LogP contribution in [0.2, 0.25) is 0 Å². The lowest BCUT2D eigenvalue weighted by Crippen LogP contribution is -2.12. The first kappa shape index (κ1) is 23.8. The SMILES string of the molecule is CCOC(=O)/C=C/Oc1c(CC(=O)OCC)cc(C(=O)OCC)c2ccc3ccccc3c12. The number of fused-ring (bicyclic) bond motifs is 3. The summed E-state index contributed by atoms with van der Waals surface area (Å²) in [5.74, 6) is -1.17. The smallest absolute Gasteiger partial charge is 0.338 e. The van der Waals surface area contributed by atoms with Crippen molar-refractivity contribution in [3.63, 3.8) is 0 Å². The highest BCUT2D eigenvalue weighted by molar-refractivity contribution is 6.17. The van der Waals surface area contributed by atoms with Crippen LogP contribution in [-0.4, -0.2) is 37.7 Å². The minimum absolute atomic E-state index is 0.123. The summed E-state index contributed by atoms with van der Waals surface area (Å²) in [6.45, 7) is 5.82. The van der Waals surface area contributed by atoms with Crippen molar-refractivity contribution in [1.29, 1.82) is 0 Å². The Balaban J connectivity index is 2.28. The van der Waals surface area contributed by atoms with Crippen LogP contribution in [0.15, 0.2) is 54.8 Å². The van der Waals surface area contributed by atoms with E-state index in [2.05, 4.69) is 0 Å². The summed E-state index contributed by atoms with van der Waals surface area (Å²) in [4.78, 5) is 36.9. The first-order valence-electron chi connectivity index (χ1n) is 10.8.